The zero-order valence-corrected chi connectivity index (χ0v) is 15.1. The molecule has 0 saturated carbocycles. The van der Waals surface area contributed by atoms with Crippen LogP contribution >= 0.6 is 0 Å². The molecule has 7 heteroatoms. The van der Waals surface area contributed by atoms with E-state index in [4.69, 9.17) is 14.2 Å². The number of hydrogen-bond acceptors (Lipinski definition) is 6. The molecule has 0 fully saturated rings. The lowest BCUT2D eigenvalue weighted by Gasteiger charge is -2.06. The van der Waals surface area contributed by atoms with Gasteiger partial charge in [-0.25, -0.2) is 0 Å². The molecule has 1 aliphatic heterocycles. The largest absolute Gasteiger partial charge is 0.457 e. The van der Waals surface area contributed by atoms with Gasteiger partial charge >= 0.3 is 5.97 Å². The summed E-state index contributed by atoms with van der Waals surface area (Å²) in [6, 6.07) is 14.2. The van der Waals surface area contributed by atoms with Crippen LogP contribution in [0.15, 0.2) is 54.6 Å². The number of fused-ring (bicyclic) bond motifs is 1. The van der Waals surface area contributed by atoms with Gasteiger partial charge < -0.3 is 19.5 Å². The maximum Gasteiger partial charge on any atom is 0.308 e. The van der Waals surface area contributed by atoms with E-state index < -0.39 is 5.97 Å². The van der Waals surface area contributed by atoms with Crippen LogP contribution < -0.4 is 14.8 Å². The van der Waals surface area contributed by atoms with Gasteiger partial charge in [-0.15, -0.1) is 0 Å². The Labute approximate surface area is 161 Å². The summed E-state index contributed by atoms with van der Waals surface area (Å²) in [5, 5.41) is 2.59. The van der Waals surface area contributed by atoms with Crippen molar-refractivity contribution in [3.8, 4) is 11.5 Å². The van der Waals surface area contributed by atoms with Crippen LogP contribution in [0, 0.1) is 0 Å². The first kappa shape index (κ1) is 19.2. The smallest absolute Gasteiger partial charge is 0.308 e. The first-order valence-corrected chi connectivity index (χ1v) is 8.71. The number of ketones is 1. The van der Waals surface area contributed by atoms with Gasteiger partial charge in [-0.05, 0) is 29.8 Å². The second-order valence-electron chi connectivity index (χ2n) is 5.94. The van der Waals surface area contributed by atoms with E-state index in [1.807, 2.05) is 30.3 Å². The third-order valence-corrected chi connectivity index (χ3v) is 3.91. The van der Waals surface area contributed by atoms with E-state index in [0.29, 0.717) is 17.1 Å². The van der Waals surface area contributed by atoms with Gasteiger partial charge in [0.05, 0.1) is 6.42 Å². The molecule has 0 aliphatic carbocycles. The fourth-order valence-corrected chi connectivity index (χ4v) is 2.45. The highest BCUT2D eigenvalue weighted by atomic mass is 16.7. The molecule has 0 radical (unpaired) electrons. The predicted octanol–water partition coefficient (Wildman–Crippen LogP) is 2.36. The third-order valence-electron chi connectivity index (χ3n) is 3.91. The van der Waals surface area contributed by atoms with Crippen molar-refractivity contribution >= 4 is 23.7 Å². The van der Waals surface area contributed by atoms with Crippen LogP contribution in [0.4, 0.5) is 0 Å². The monoisotopic (exact) mass is 381 g/mol. The van der Waals surface area contributed by atoms with Gasteiger partial charge in [0.1, 0.15) is 0 Å². The maximum absolute atomic E-state index is 12.1. The topological polar surface area (TPSA) is 90.9 Å². The van der Waals surface area contributed by atoms with E-state index in [9.17, 15) is 14.4 Å². The van der Waals surface area contributed by atoms with Crippen LogP contribution in [-0.2, 0) is 14.3 Å². The van der Waals surface area contributed by atoms with E-state index in [2.05, 4.69) is 5.32 Å². The van der Waals surface area contributed by atoms with Crippen LogP contribution in [-0.4, -0.2) is 37.6 Å². The molecule has 2 aromatic carbocycles. The maximum atomic E-state index is 12.1. The van der Waals surface area contributed by atoms with Crippen LogP contribution in [0.5, 0.6) is 11.5 Å². The minimum atomic E-state index is -0.568. The predicted molar refractivity (Wildman–Crippen MR) is 101 cm³/mol. The van der Waals surface area contributed by atoms with Crippen LogP contribution in [0.3, 0.4) is 0 Å². The Balaban J connectivity index is 1.36. The van der Waals surface area contributed by atoms with E-state index in [1.54, 1.807) is 24.3 Å². The van der Waals surface area contributed by atoms with Gasteiger partial charge in [0.15, 0.2) is 23.9 Å². The number of esters is 1. The number of hydrogen-bond donors (Lipinski definition) is 1. The molecule has 3 rings (SSSR count). The molecule has 0 saturated heterocycles. The first-order chi connectivity index (χ1) is 13.6. The van der Waals surface area contributed by atoms with Crippen LogP contribution in [0.25, 0.3) is 6.08 Å². The van der Waals surface area contributed by atoms with Crippen LogP contribution in [0.1, 0.15) is 22.3 Å². The van der Waals surface area contributed by atoms with Gasteiger partial charge in [-0.3, -0.25) is 14.4 Å². The summed E-state index contributed by atoms with van der Waals surface area (Å²) < 4.78 is 15.3. The van der Waals surface area contributed by atoms with Gasteiger partial charge in [0, 0.05) is 18.2 Å². The summed E-state index contributed by atoms with van der Waals surface area (Å²) in [5.41, 5.74) is 1.27. The van der Waals surface area contributed by atoms with Gasteiger partial charge in [-0.2, -0.15) is 0 Å². The summed E-state index contributed by atoms with van der Waals surface area (Å²) in [4.78, 5) is 35.6. The average molecular weight is 381 g/mol. The number of rotatable bonds is 8. The van der Waals surface area contributed by atoms with Crippen molar-refractivity contribution < 1.29 is 28.6 Å². The van der Waals surface area contributed by atoms with E-state index in [1.165, 1.54) is 6.08 Å². The van der Waals surface area contributed by atoms with E-state index >= 15 is 0 Å². The Morgan fingerprint density at radius 1 is 1.04 bits per heavy atom. The van der Waals surface area contributed by atoms with Gasteiger partial charge in [0.25, 0.3) is 0 Å². The van der Waals surface area contributed by atoms with Crippen molar-refractivity contribution in [1.29, 1.82) is 0 Å². The molecule has 1 heterocycles. The number of amides is 1. The number of nitrogens with one attached hydrogen (secondary N) is 1. The standard InChI is InChI=1S/C21H19NO6/c23-17(16-7-8-18-19(12-16)28-14-27-18)13-26-21(25)10-11-22-20(24)9-6-15-4-2-1-3-5-15/h1-9,12H,10-11,13-14H2,(H,22,24)/b9-6+. The van der Waals surface area contributed by atoms with Crippen LogP contribution in [0.2, 0.25) is 0 Å². The zero-order chi connectivity index (χ0) is 19.8. The van der Waals surface area contributed by atoms with E-state index in [-0.39, 0.29) is 38.1 Å². The number of carbonyl (C=O) groups excluding carboxylic acids is 3. The molecule has 7 nitrogen and oxygen atoms in total. The van der Waals surface area contributed by atoms with Crippen molar-refractivity contribution in [3.05, 3.63) is 65.7 Å². The number of Topliss-reactive ketones (excluding diaryl/α,β-unsaturated/α-hetero) is 1. The molecule has 0 unspecified atom stereocenters. The minimum Gasteiger partial charge on any atom is -0.457 e. The fourth-order valence-electron chi connectivity index (χ4n) is 2.45. The summed E-state index contributed by atoms with van der Waals surface area (Å²) in [6.07, 6.45) is 3.04. The molecule has 1 aliphatic rings. The molecule has 0 aromatic heterocycles. The van der Waals surface area contributed by atoms with Crippen molar-refractivity contribution in [2.24, 2.45) is 0 Å². The highest BCUT2D eigenvalue weighted by molar-refractivity contribution is 5.98. The molecule has 28 heavy (non-hydrogen) atoms. The summed E-state index contributed by atoms with van der Waals surface area (Å²) >= 11 is 0. The lowest BCUT2D eigenvalue weighted by atomic mass is 10.1. The summed E-state index contributed by atoms with van der Waals surface area (Å²) in [6.45, 7) is -0.135. The summed E-state index contributed by atoms with van der Waals surface area (Å²) in [5.74, 6) is -0.162. The van der Waals surface area contributed by atoms with Gasteiger partial charge in [-0.1, -0.05) is 30.3 Å². The molecule has 0 bridgehead atoms. The molecular weight excluding hydrogens is 362 g/mol. The normalized spacial score (nSPS) is 12.0. The highest BCUT2D eigenvalue weighted by Crippen LogP contribution is 2.32. The Bertz CT molecular complexity index is 891. The van der Waals surface area contributed by atoms with E-state index in [0.717, 1.165) is 5.56 Å². The lowest BCUT2D eigenvalue weighted by Crippen LogP contribution is -2.25. The number of ether oxygens (including phenoxy) is 3. The van der Waals surface area contributed by atoms with Crippen molar-refractivity contribution in [2.75, 3.05) is 19.9 Å². The fraction of sp³-hybridized carbons (Fsp3) is 0.190. The molecule has 144 valence electrons. The zero-order valence-electron chi connectivity index (χ0n) is 15.1. The third kappa shape index (κ3) is 5.44. The molecule has 0 atom stereocenters. The SMILES string of the molecule is O=C(/C=C/c1ccccc1)NCCC(=O)OCC(=O)c1ccc2c(c1)OCO2. The molecular formula is C21H19NO6. The van der Waals surface area contributed by atoms with Crippen molar-refractivity contribution in [2.45, 2.75) is 6.42 Å². The lowest BCUT2D eigenvalue weighted by molar-refractivity contribution is -0.142. The Morgan fingerprint density at radius 3 is 2.64 bits per heavy atom. The van der Waals surface area contributed by atoms with Gasteiger partial charge in [0.2, 0.25) is 12.7 Å². The number of carbonyl (C=O) groups is 3. The average Bonchev–Trinajstić information content (AvgIpc) is 3.19. The second kappa shape index (κ2) is 9.36. The molecule has 1 N–H and O–H groups in total. The highest BCUT2D eigenvalue weighted by Gasteiger charge is 2.17. The second-order valence-corrected chi connectivity index (χ2v) is 5.94. The summed E-state index contributed by atoms with van der Waals surface area (Å²) in [7, 11) is 0. The molecule has 0 spiro atoms. The molecule has 2 aromatic rings. The Kier molecular flexibility index (Phi) is 6.41. The number of benzene rings is 2. The Morgan fingerprint density at radius 2 is 1.82 bits per heavy atom. The molecule has 1 amide bonds. The quantitative estimate of drug-likeness (QED) is 0.429. The minimum absolute atomic E-state index is 0.0284. The van der Waals surface area contributed by atoms with Crippen molar-refractivity contribution in [3.63, 3.8) is 0 Å². The van der Waals surface area contributed by atoms with Crippen molar-refractivity contribution in [1.82, 2.24) is 5.32 Å². The first-order valence-electron chi connectivity index (χ1n) is 8.71. The Hall–Kier alpha value is -3.61.